The molecule has 1 aromatic carbocycles. The topological polar surface area (TPSA) is 155 Å². The predicted molar refractivity (Wildman–Crippen MR) is 170 cm³/mol. The fraction of sp³-hybridized carbons (Fsp3) is 0.686. The number of ketones is 1. The number of methoxy groups -OCH3 is 2. The van der Waals surface area contributed by atoms with E-state index in [4.69, 9.17) is 25.1 Å². The number of carboxylic acids is 1. The molecule has 1 spiro atoms. The van der Waals surface area contributed by atoms with E-state index in [0.717, 1.165) is 24.0 Å². The Labute approximate surface area is 267 Å². The van der Waals surface area contributed by atoms with Crippen LogP contribution in [0.5, 0.6) is 0 Å². The van der Waals surface area contributed by atoms with Gasteiger partial charge in [0.1, 0.15) is 11.7 Å². The summed E-state index contributed by atoms with van der Waals surface area (Å²) >= 11 is 0. The first-order valence-corrected chi connectivity index (χ1v) is 15.7. The van der Waals surface area contributed by atoms with Gasteiger partial charge < -0.3 is 34.9 Å². The number of primary amides is 1. The molecule has 0 aromatic heterocycles. The number of benzene rings is 1. The Bertz CT molecular complexity index is 1270. The number of nitrogens with two attached hydrogens (primary N) is 1. The van der Waals surface area contributed by atoms with E-state index >= 15 is 0 Å². The van der Waals surface area contributed by atoms with Crippen molar-refractivity contribution < 1.29 is 43.5 Å². The zero-order valence-corrected chi connectivity index (χ0v) is 28.4. The molecular formula is C35H53NO9. The molecular weight excluding hydrogens is 578 g/mol. The summed E-state index contributed by atoms with van der Waals surface area (Å²) in [5.74, 6) is -0.658. The van der Waals surface area contributed by atoms with E-state index in [1.165, 1.54) is 5.57 Å². The van der Waals surface area contributed by atoms with Gasteiger partial charge in [-0.1, -0.05) is 42.8 Å². The van der Waals surface area contributed by atoms with Crippen LogP contribution in [0, 0.1) is 16.2 Å². The Hall–Kier alpha value is -2.79. The Morgan fingerprint density at radius 1 is 1.11 bits per heavy atom. The second-order valence-electron chi connectivity index (χ2n) is 14.3. The Balaban J connectivity index is 0.000000240. The molecule has 1 saturated heterocycles. The largest absolute Gasteiger partial charge is 0.481 e. The van der Waals surface area contributed by atoms with Crippen molar-refractivity contribution in [1.82, 2.24) is 0 Å². The number of allylic oxidation sites excluding steroid dienone is 1. The van der Waals surface area contributed by atoms with Crippen LogP contribution in [0.4, 0.5) is 4.79 Å². The fourth-order valence-corrected chi connectivity index (χ4v) is 8.28. The molecule has 2 saturated carbocycles. The maximum Gasteiger partial charge on any atom is 0.405 e. The van der Waals surface area contributed by atoms with Gasteiger partial charge in [-0.2, -0.15) is 0 Å². The molecule has 6 unspecified atom stereocenters. The molecule has 0 bridgehead atoms. The second-order valence-corrected chi connectivity index (χ2v) is 14.3. The highest BCUT2D eigenvalue weighted by molar-refractivity contribution is 5.96. The lowest BCUT2D eigenvalue weighted by Gasteiger charge is -2.77. The van der Waals surface area contributed by atoms with Crippen LogP contribution in [0.2, 0.25) is 0 Å². The second kappa shape index (κ2) is 13.5. The zero-order chi connectivity index (χ0) is 34.0. The molecule has 10 nitrogen and oxygen atoms in total. The average molecular weight is 632 g/mol. The maximum atomic E-state index is 13.8. The van der Waals surface area contributed by atoms with E-state index in [1.807, 2.05) is 44.2 Å². The smallest absolute Gasteiger partial charge is 0.405 e. The molecule has 4 aliphatic rings. The molecule has 4 N–H and O–H groups in total. The monoisotopic (exact) mass is 631 g/mol. The van der Waals surface area contributed by atoms with Crippen molar-refractivity contribution in [1.29, 1.82) is 0 Å². The van der Waals surface area contributed by atoms with Crippen LogP contribution in [-0.4, -0.2) is 78.4 Å². The number of ether oxygens (including phenoxy) is 4. The maximum absolute atomic E-state index is 13.8. The van der Waals surface area contributed by atoms with E-state index in [1.54, 1.807) is 35.0 Å². The summed E-state index contributed by atoms with van der Waals surface area (Å²) in [6.07, 6.45) is 2.05. The molecule has 3 fully saturated rings. The lowest BCUT2D eigenvalue weighted by molar-refractivity contribution is -0.320. The molecule has 3 aliphatic carbocycles. The van der Waals surface area contributed by atoms with E-state index < -0.39 is 45.6 Å². The number of aliphatic hydroxyl groups is 1. The van der Waals surface area contributed by atoms with Crippen molar-refractivity contribution in [2.75, 3.05) is 20.8 Å². The van der Waals surface area contributed by atoms with Gasteiger partial charge in [0.25, 0.3) is 0 Å². The van der Waals surface area contributed by atoms with E-state index in [9.17, 15) is 19.5 Å². The third-order valence-electron chi connectivity index (χ3n) is 10.6. The molecule has 1 aliphatic heterocycles. The highest BCUT2D eigenvalue weighted by atomic mass is 16.6. The van der Waals surface area contributed by atoms with Crippen LogP contribution in [-0.2, 0) is 35.0 Å². The lowest BCUT2D eigenvalue weighted by Crippen LogP contribution is -2.83. The summed E-state index contributed by atoms with van der Waals surface area (Å²) in [5.41, 5.74) is 4.96. The minimum absolute atomic E-state index is 0.0138. The third-order valence-corrected chi connectivity index (χ3v) is 10.6. The minimum Gasteiger partial charge on any atom is -0.481 e. The number of carbonyl (C=O) groups excluding carboxylic acids is 2. The van der Waals surface area contributed by atoms with Crippen molar-refractivity contribution in [2.45, 2.75) is 117 Å². The number of aliphatic carboxylic acids is 1. The molecule has 252 valence electrons. The average Bonchev–Trinajstić information content (AvgIpc) is 3.07. The van der Waals surface area contributed by atoms with Gasteiger partial charge in [0.15, 0.2) is 5.78 Å². The van der Waals surface area contributed by atoms with E-state index in [-0.39, 0.29) is 24.4 Å². The Kier molecular flexibility index (Phi) is 11.0. The Morgan fingerprint density at radius 2 is 1.73 bits per heavy atom. The van der Waals surface area contributed by atoms with Crippen LogP contribution in [0.15, 0.2) is 41.5 Å². The van der Waals surface area contributed by atoms with Crippen LogP contribution in [0.25, 0.3) is 0 Å². The number of Topliss-reactive ketones (excluding diaryl/α,β-unsaturated/α-hetero) is 1. The molecule has 7 atom stereocenters. The third kappa shape index (κ3) is 6.57. The first kappa shape index (κ1) is 36.7. The number of hydrogen-bond donors (Lipinski definition) is 3. The van der Waals surface area contributed by atoms with Gasteiger partial charge in [-0.3, -0.25) is 9.59 Å². The van der Waals surface area contributed by atoms with E-state index in [0.29, 0.717) is 25.9 Å². The molecule has 0 radical (unpaired) electrons. The van der Waals surface area contributed by atoms with Crippen LogP contribution >= 0.6 is 0 Å². The number of carbonyl (C=O) groups is 3. The molecule has 1 heterocycles. The van der Waals surface area contributed by atoms with Crippen molar-refractivity contribution in [3.63, 3.8) is 0 Å². The van der Waals surface area contributed by atoms with Crippen LogP contribution < -0.4 is 5.73 Å². The number of carboxylic acid groups (broad SMARTS) is 1. The first-order chi connectivity index (χ1) is 20.8. The molecule has 1 amide bonds. The quantitative estimate of drug-likeness (QED) is 0.370. The molecule has 45 heavy (non-hydrogen) atoms. The first-order valence-electron chi connectivity index (χ1n) is 15.7. The summed E-state index contributed by atoms with van der Waals surface area (Å²) in [5, 5.41) is 20.0. The summed E-state index contributed by atoms with van der Waals surface area (Å²) in [6, 6.07) is 9.62. The summed E-state index contributed by atoms with van der Waals surface area (Å²) < 4.78 is 22.5. The van der Waals surface area contributed by atoms with Gasteiger partial charge in [-0.25, -0.2) is 4.79 Å². The summed E-state index contributed by atoms with van der Waals surface area (Å²) in [7, 11) is 3.29. The summed E-state index contributed by atoms with van der Waals surface area (Å²) in [4.78, 5) is 34.0. The van der Waals surface area contributed by atoms with Gasteiger partial charge >= 0.3 is 12.1 Å². The highest BCUT2D eigenvalue weighted by Gasteiger charge is 2.84. The Morgan fingerprint density at radius 3 is 2.22 bits per heavy atom. The minimum atomic E-state index is -0.810. The normalized spacial score (nSPS) is 35.2. The standard InChI is InChI=1S/C21H32O5.C9H10O2.C5H11NO2/c1-12-7-8-21(23)10-20-11-26-13(2)9-14(24-5)18(20,3)17(22)16(25-6)15(12)19(20,21)4;10-9(11)7-6-8-4-2-1-3-5-8;1-5(2,3)8-4(6)7/h13-14,16,23H,7-11H2,1-6H3;1-5H,6-7H2,(H,10,11);1-3H3,(H2,6,7)/t13?,14?,16?,18?,19-,20?,21?;;/m1../s1. The predicted octanol–water partition coefficient (Wildman–Crippen LogP) is 5.24. The van der Waals surface area contributed by atoms with Crippen molar-refractivity contribution in [3.05, 3.63) is 47.0 Å². The highest BCUT2D eigenvalue weighted by Crippen LogP contribution is 2.79. The lowest BCUT2D eigenvalue weighted by atomic mass is 9.27. The number of rotatable bonds is 5. The SMILES string of the molecule is CC(C)(C)OC(N)=O.COC1C(=O)C2(C)C(OC)CC(C)OCC23CC2(O)CCC(C)=C1[C@@]23C.O=C(O)CCc1ccccc1. The van der Waals surface area contributed by atoms with E-state index in [2.05, 4.69) is 18.6 Å². The van der Waals surface area contributed by atoms with Crippen molar-refractivity contribution >= 4 is 17.8 Å². The van der Waals surface area contributed by atoms with Gasteiger partial charge in [0, 0.05) is 37.9 Å². The van der Waals surface area contributed by atoms with Crippen molar-refractivity contribution in [2.24, 2.45) is 22.0 Å². The number of hydrogen-bond acceptors (Lipinski definition) is 8. The molecule has 10 heteroatoms. The van der Waals surface area contributed by atoms with Gasteiger partial charge in [0.2, 0.25) is 0 Å². The molecule has 5 rings (SSSR count). The van der Waals surface area contributed by atoms with Crippen LogP contribution in [0.1, 0.15) is 86.1 Å². The van der Waals surface area contributed by atoms with Gasteiger partial charge in [-0.05, 0) is 78.4 Å². The fourth-order valence-electron chi connectivity index (χ4n) is 8.28. The van der Waals surface area contributed by atoms with Gasteiger partial charge in [0.05, 0.1) is 29.8 Å². The van der Waals surface area contributed by atoms with Crippen molar-refractivity contribution in [3.8, 4) is 0 Å². The van der Waals surface area contributed by atoms with Crippen LogP contribution in [0.3, 0.4) is 0 Å². The van der Waals surface area contributed by atoms with Gasteiger partial charge in [-0.15, -0.1) is 0 Å². The summed E-state index contributed by atoms with van der Waals surface area (Å²) in [6.45, 7) is 14.1. The zero-order valence-electron chi connectivity index (χ0n) is 28.4. The number of amides is 1. The number of aryl methyl sites for hydroxylation is 1. The molecule has 1 aromatic rings.